The molecule has 1 aromatic carbocycles. The van der Waals surface area contributed by atoms with Gasteiger partial charge < -0.3 is 15.7 Å². The highest BCUT2D eigenvalue weighted by Gasteiger charge is 2.32. The third-order valence-corrected chi connectivity index (χ3v) is 5.23. The topological polar surface area (TPSA) is 61.4 Å². The van der Waals surface area contributed by atoms with Gasteiger partial charge in [-0.15, -0.1) is 0 Å². The number of thioether (sulfide) groups is 1. The summed E-state index contributed by atoms with van der Waals surface area (Å²) in [6, 6.07) is 4.60. The first-order valence-corrected chi connectivity index (χ1v) is 8.60. The molecule has 1 aliphatic heterocycles. The van der Waals surface area contributed by atoms with Crippen molar-refractivity contribution in [1.29, 1.82) is 0 Å². The lowest BCUT2D eigenvalue weighted by Crippen LogP contribution is -2.46. The van der Waals surface area contributed by atoms with Crippen LogP contribution >= 0.6 is 35.0 Å². The lowest BCUT2D eigenvalue weighted by Gasteiger charge is -2.23. The van der Waals surface area contributed by atoms with Gasteiger partial charge in [-0.25, -0.2) is 4.79 Å². The van der Waals surface area contributed by atoms with Gasteiger partial charge in [0, 0.05) is 22.3 Å². The average Bonchev–Trinajstić information content (AvgIpc) is 2.84. The van der Waals surface area contributed by atoms with Crippen molar-refractivity contribution in [2.24, 2.45) is 0 Å². The van der Waals surface area contributed by atoms with Crippen molar-refractivity contribution in [2.75, 3.05) is 18.1 Å². The van der Waals surface area contributed by atoms with Crippen LogP contribution in [-0.2, 0) is 0 Å². The second kappa shape index (κ2) is 7.09. The van der Waals surface area contributed by atoms with E-state index >= 15 is 0 Å². The fourth-order valence-electron chi connectivity index (χ4n) is 2.16. The third-order valence-electron chi connectivity index (χ3n) is 3.44. The van der Waals surface area contributed by atoms with Crippen LogP contribution in [-0.4, -0.2) is 34.8 Å². The molecule has 1 aliphatic rings. The first-order chi connectivity index (χ1) is 9.89. The van der Waals surface area contributed by atoms with Crippen molar-refractivity contribution in [3.8, 4) is 0 Å². The smallest absolute Gasteiger partial charge is 0.315 e. The van der Waals surface area contributed by atoms with Gasteiger partial charge in [0.2, 0.25) is 0 Å². The van der Waals surface area contributed by atoms with Crippen molar-refractivity contribution >= 4 is 41.0 Å². The lowest BCUT2D eigenvalue weighted by atomic mass is 10.0. The third kappa shape index (κ3) is 4.68. The zero-order valence-corrected chi connectivity index (χ0v) is 14.0. The monoisotopic (exact) mass is 348 g/mol. The van der Waals surface area contributed by atoms with E-state index in [9.17, 15) is 9.90 Å². The molecule has 0 spiro atoms. The fraction of sp³-hybridized carbons (Fsp3) is 0.500. The predicted octanol–water partition coefficient (Wildman–Crippen LogP) is 3.22. The molecular weight excluding hydrogens is 331 g/mol. The highest BCUT2D eigenvalue weighted by molar-refractivity contribution is 7.99. The molecule has 2 rings (SSSR count). The highest BCUT2D eigenvalue weighted by atomic mass is 35.5. The first-order valence-electron chi connectivity index (χ1n) is 6.69. The van der Waals surface area contributed by atoms with Crippen molar-refractivity contribution in [3.05, 3.63) is 33.8 Å². The predicted molar refractivity (Wildman–Crippen MR) is 88.3 cm³/mol. The van der Waals surface area contributed by atoms with E-state index in [-0.39, 0.29) is 18.6 Å². The number of urea groups is 1. The number of nitrogens with one attached hydrogen (secondary N) is 2. The average molecular weight is 349 g/mol. The quantitative estimate of drug-likeness (QED) is 0.782. The van der Waals surface area contributed by atoms with Gasteiger partial charge in [0.25, 0.3) is 0 Å². The largest absolute Gasteiger partial charge is 0.387 e. The normalized spacial score (nSPS) is 22.9. The molecule has 4 nitrogen and oxygen atoms in total. The number of hydrogen-bond donors (Lipinski definition) is 3. The fourth-order valence-corrected chi connectivity index (χ4v) is 4.03. The lowest BCUT2D eigenvalue weighted by molar-refractivity contribution is 0.0699. The summed E-state index contributed by atoms with van der Waals surface area (Å²) in [5.74, 6) is 1.59. The Bertz CT molecular complexity index is 522. The summed E-state index contributed by atoms with van der Waals surface area (Å²) in [6.07, 6.45) is 0.705. The molecule has 116 valence electrons. The molecule has 2 atom stereocenters. The van der Waals surface area contributed by atoms with Crippen LogP contribution < -0.4 is 10.6 Å². The molecule has 0 radical (unpaired) electrons. The molecule has 0 saturated carbocycles. The van der Waals surface area contributed by atoms with Crippen LogP contribution in [0.5, 0.6) is 0 Å². The Hall–Kier alpha value is -0.620. The molecular formula is C14H18Cl2N2O2S. The molecule has 1 saturated heterocycles. The zero-order valence-electron chi connectivity index (χ0n) is 11.7. The van der Waals surface area contributed by atoms with E-state index < -0.39 is 5.60 Å². The molecule has 0 aliphatic carbocycles. The summed E-state index contributed by atoms with van der Waals surface area (Å²) in [4.78, 5) is 11.9. The number of carbonyl (C=O) groups excluding carboxylic acids is 1. The van der Waals surface area contributed by atoms with Crippen LogP contribution in [0.3, 0.4) is 0 Å². The minimum Gasteiger partial charge on any atom is -0.387 e. The van der Waals surface area contributed by atoms with Gasteiger partial charge >= 0.3 is 6.03 Å². The van der Waals surface area contributed by atoms with Crippen LogP contribution in [0.15, 0.2) is 18.2 Å². The Morgan fingerprint density at radius 1 is 1.52 bits per heavy atom. The Labute approximate surface area is 138 Å². The number of hydrogen-bond acceptors (Lipinski definition) is 3. The van der Waals surface area contributed by atoms with E-state index in [4.69, 9.17) is 23.2 Å². The number of carbonyl (C=O) groups is 1. The maximum absolute atomic E-state index is 11.9. The molecule has 1 heterocycles. The summed E-state index contributed by atoms with van der Waals surface area (Å²) < 4.78 is 0. The van der Waals surface area contributed by atoms with E-state index in [1.807, 2.05) is 6.92 Å². The molecule has 7 heteroatoms. The van der Waals surface area contributed by atoms with E-state index in [2.05, 4.69) is 10.6 Å². The van der Waals surface area contributed by atoms with Crippen LogP contribution in [0.4, 0.5) is 4.79 Å². The van der Waals surface area contributed by atoms with Gasteiger partial charge in [0.15, 0.2) is 0 Å². The van der Waals surface area contributed by atoms with Crippen LogP contribution in [0, 0.1) is 0 Å². The molecule has 2 amide bonds. The summed E-state index contributed by atoms with van der Waals surface area (Å²) in [5.41, 5.74) is 0.00902. The molecule has 1 aromatic rings. The standard InChI is InChI=1S/C14H18Cl2N2O2S/c1-9(11-3-2-10(15)6-12(11)16)18-13(19)17-7-14(20)4-5-21-8-14/h2-3,6,9,20H,4-5,7-8H2,1H3,(H2,17,18,19). The van der Waals surface area contributed by atoms with Crippen LogP contribution in [0.1, 0.15) is 24.9 Å². The summed E-state index contributed by atoms with van der Waals surface area (Å²) >= 11 is 13.7. The van der Waals surface area contributed by atoms with Crippen molar-refractivity contribution in [1.82, 2.24) is 10.6 Å². The number of amides is 2. The minimum absolute atomic E-state index is 0.248. The van der Waals surface area contributed by atoms with Gasteiger partial charge in [0.1, 0.15) is 0 Å². The number of halogens is 2. The van der Waals surface area contributed by atoms with Gasteiger partial charge in [-0.1, -0.05) is 29.3 Å². The number of rotatable bonds is 4. The maximum Gasteiger partial charge on any atom is 0.315 e. The molecule has 0 bridgehead atoms. The van der Waals surface area contributed by atoms with E-state index in [0.717, 1.165) is 11.3 Å². The Balaban J connectivity index is 1.87. The summed E-state index contributed by atoms with van der Waals surface area (Å²) in [5, 5.41) is 16.8. The van der Waals surface area contributed by atoms with Gasteiger partial charge in [-0.05, 0) is 36.8 Å². The number of benzene rings is 1. The van der Waals surface area contributed by atoms with Gasteiger partial charge in [-0.3, -0.25) is 0 Å². The number of aliphatic hydroxyl groups is 1. The molecule has 3 N–H and O–H groups in total. The molecule has 2 unspecified atom stereocenters. The van der Waals surface area contributed by atoms with E-state index in [0.29, 0.717) is 22.2 Å². The minimum atomic E-state index is -0.789. The Morgan fingerprint density at radius 3 is 2.90 bits per heavy atom. The molecule has 0 aromatic heterocycles. The van der Waals surface area contributed by atoms with Gasteiger partial charge in [0.05, 0.1) is 11.6 Å². The first kappa shape index (κ1) is 16.7. The molecule has 1 fully saturated rings. The maximum atomic E-state index is 11.9. The zero-order chi connectivity index (χ0) is 15.5. The van der Waals surface area contributed by atoms with Crippen LogP contribution in [0.25, 0.3) is 0 Å². The van der Waals surface area contributed by atoms with E-state index in [1.165, 1.54) is 0 Å². The highest BCUT2D eigenvalue weighted by Crippen LogP contribution is 2.27. The second-order valence-electron chi connectivity index (χ2n) is 5.24. The van der Waals surface area contributed by atoms with Crippen molar-refractivity contribution in [3.63, 3.8) is 0 Å². The summed E-state index contributed by atoms with van der Waals surface area (Å²) in [7, 11) is 0. The van der Waals surface area contributed by atoms with Crippen molar-refractivity contribution in [2.45, 2.75) is 25.0 Å². The van der Waals surface area contributed by atoms with Gasteiger partial charge in [-0.2, -0.15) is 11.8 Å². The Morgan fingerprint density at radius 2 is 2.29 bits per heavy atom. The molecule has 21 heavy (non-hydrogen) atoms. The Kier molecular flexibility index (Phi) is 5.66. The SMILES string of the molecule is CC(NC(=O)NCC1(O)CCSC1)c1ccc(Cl)cc1Cl. The van der Waals surface area contributed by atoms with Crippen molar-refractivity contribution < 1.29 is 9.90 Å². The summed E-state index contributed by atoms with van der Waals surface area (Å²) in [6.45, 7) is 2.10. The van der Waals surface area contributed by atoms with E-state index in [1.54, 1.807) is 30.0 Å². The second-order valence-corrected chi connectivity index (χ2v) is 7.19. The van der Waals surface area contributed by atoms with Crippen LogP contribution in [0.2, 0.25) is 10.0 Å².